The van der Waals surface area contributed by atoms with Crippen molar-refractivity contribution in [2.75, 3.05) is 31.4 Å². The van der Waals surface area contributed by atoms with Crippen LogP contribution < -0.4 is 15.0 Å². The fraction of sp³-hybridized carbons (Fsp3) is 0.136. The Bertz CT molecular complexity index is 1090. The first-order chi connectivity index (χ1) is 13.6. The van der Waals surface area contributed by atoms with Gasteiger partial charge in [-0.1, -0.05) is 12.1 Å². The van der Waals surface area contributed by atoms with Crippen molar-refractivity contribution in [1.29, 1.82) is 0 Å². The van der Waals surface area contributed by atoms with Crippen LogP contribution in [0.2, 0.25) is 0 Å². The second-order valence-corrected chi connectivity index (χ2v) is 6.57. The minimum Gasteiger partial charge on any atom is -0.481 e. The lowest BCUT2D eigenvalue weighted by Crippen LogP contribution is -2.08. The molecule has 0 bridgehead atoms. The summed E-state index contributed by atoms with van der Waals surface area (Å²) in [6, 6.07) is 19.9. The lowest BCUT2D eigenvalue weighted by molar-refractivity contribution is 0.398. The maximum Gasteiger partial charge on any atom is 0.212 e. The van der Waals surface area contributed by atoms with Crippen molar-refractivity contribution in [2.24, 2.45) is 0 Å². The van der Waals surface area contributed by atoms with Crippen molar-refractivity contribution in [3.63, 3.8) is 0 Å². The van der Waals surface area contributed by atoms with Crippen molar-refractivity contribution in [1.82, 2.24) is 15.0 Å². The predicted octanol–water partition coefficient (Wildman–Crippen LogP) is 4.51. The topological polar surface area (TPSA) is 63.2 Å². The minimum atomic E-state index is 0.559. The number of aromatic nitrogens is 3. The molecular weight excluding hydrogens is 350 g/mol. The molecule has 1 N–H and O–H groups in total. The Kier molecular flexibility index (Phi) is 4.76. The molecule has 0 spiro atoms. The first-order valence-electron chi connectivity index (χ1n) is 8.95. The normalized spacial score (nSPS) is 10.7. The number of fused-ring (bicyclic) bond motifs is 1. The van der Waals surface area contributed by atoms with E-state index in [4.69, 9.17) is 14.7 Å². The summed E-state index contributed by atoms with van der Waals surface area (Å²) in [5, 5.41) is 4.39. The van der Waals surface area contributed by atoms with Crippen LogP contribution in [0.25, 0.3) is 22.3 Å². The number of nitrogens with one attached hydrogen (secondary N) is 1. The van der Waals surface area contributed by atoms with Gasteiger partial charge in [0.1, 0.15) is 5.82 Å². The van der Waals surface area contributed by atoms with E-state index in [1.165, 1.54) is 0 Å². The van der Waals surface area contributed by atoms with Crippen LogP contribution in [0.5, 0.6) is 5.88 Å². The van der Waals surface area contributed by atoms with E-state index in [0.717, 1.165) is 33.7 Å². The van der Waals surface area contributed by atoms with Crippen LogP contribution in [-0.4, -0.2) is 36.2 Å². The summed E-state index contributed by atoms with van der Waals surface area (Å²) in [7, 11) is 5.64. The van der Waals surface area contributed by atoms with Crippen molar-refractivity contribution < 1.29 is 4.74 Å². The molecule has 0 aliphatic rings. The number of anilines is 3. The van der Waals surface area contributed by atoms with Gasteiger partial charge in [-0.3, -0.25) is 0 Å². The van der Waals surface area contributed by atoms with E-state index in [0.29, 0.717) is 11.7 Å². The van der Waals surface area contributed by atoms with Gasteiger partial charge in [0.2, 0.25) is 5.88 Å². The van der Waals surface area contributed by atoms with E-state index in [2.05, 4.69) is 27.3 Å². The molecule has 2 heterocycles. The van der Waals surface area contributed by atoms with Gasteiger partial charge in [-0.25, -0.2) is 15.0 Å². The first kappa shape index (κ1) is 17.7. The number of pyridine rings is 1. The smallest absolute Gasteiger partial charge is 0.212 e. The van der Waals surface area contributed by atoms with E-state index in [9.17, 15) is 0 Å². The van der Waals surface area contributed by atoms with Crippen LogP contribution in [0.4, 0.5) is 17.2 Å². The lowest BCUT2D eigenvalue weighted by Gasteiger charge is -2.14. The SMILES string of the molecule is COc1ccc(-c2nc(Nc3ccc(N(C)C)cc3)c3ccccc3n2)cn1. The molecule has 0 aliphatic carbocycles. The average molecular weight is 371 g/mol. The van der Waals surface area contributed by atoms with Crippen molar-refractivity contribution in [3.05, 3.63) is 66.9 Å². The summed E-state index contributed by atoms with van der Waals surface area (Å²) in [5.74, 6) is 1.93. The largest absolute Gasteiger partial charge is 0.481 e. The van der Waals surface area contributed by atoms with Gasteiger partial charge in [0, 0.05) is 48.7 Å². The summed E-state index contributed by atoms with van der Waals surface area (Å²) in [5.41, 5.74) is 3.81. The number of ether oxygens (including phenoxy) is 1. The highest BCUT2D eigenvalue weighted by atomic mass is 16.5. The first-order valence-corrected chi connectivity index (χ1v) is 8.95. The predicted molar refractivity (Wildman–Crippen MR) is 113 cm³/mol. The number of hydrogen-bond donors (Lipinski definition) is 1. The monoisotopic (exact) mass is 371 g/mol. The van der Waals surface area contributed by atoms with Gasteiger partial charge in [-0.2, -0.15) is 0 Å². The van der Waals surface area contributed by atoms with Crippen LogP contribution in [0.1, 0.15) is 0 Å². The maximum absolute atomic E-state index is 5.14. The lowest BCUT2D eigenvalue weighted by atomic mass is 10.2. The van der Waals surface area contributed by atoms with Gasteiger partial charge in [0.05, 0.1) is 12.6 Å². The standard InChI is InChI=1S/C22H21N5O/c1-27(2)17-11-9-16(10-12-17)24-22-18-6-4-5-7-19(18)25-21(26-22)15-8-13-20(28-3)23-14-15/h4-14H,1-3H3,(H,24,25,26). The molecule has 0 atom stereocenters. The van der Waals surface area contributed by atoms with Gasteiger partial charge in [0.25, 0.3) is 0 Å². The summed E-state index contributed by atoms with van der Waals surface area (Å²) in [4.78, 5) is 15.8. The van der Waals surface area contributed by atoms with Crippen molar-refractivity contribution in [3.8, 4) is 17.3 Å². The van der Waals surface area contributed by atoms with E-state index in [-0.39, 0.29) is 0 Å². The Morgan fingerprint density at radius 1 is 0.893 bits per heavy atom. The zero-order valence-electron chi connectivity index (χ0n) is 16.0. The van der Waals surface area contributed by atoms with Gasteiger partial charge < -0.3 is 15.0 Å². The van der Waals surface area contributed by atoms with E-state index in [1.54, 1.807) is 19.4 Å². The third-order valence-corrected chi connectivity index (χ3v) is 4.45. The highest BCUT2D eigenvalue weighted by molar-refractivity contribution is 5.92. The number of methoxy groups -OCH3 is 1. The molecule has 4 aromatic rings. The zero-order chi connectivity index (χ0) is 19.5. The fourth-order valence-corrected chi connectivity index (χ4v) is 2.91. The van der Waals surface area contributed by atoms with Gasteiger partial charge in [-0.15, -0.1) is 0 Å². The molecule has 6 nitrogen and oxygen atoms in total. The molecule has 0 radical (unpaired) electrons. The Morgan fingerprint density at radius 3 is 2.36 bits per heavy atom. The molecule has 0 aliphatic heterocycles. The van der Waals surface area contributed by atoms with Crippen LogP contribution in [0, 0.1) is 0 Å². The highest BCUT2D eigenvalue weighted by Crippen LogP contribution is 2.28. The number of para-hydroxylation sites is 1. The molecule has 2 aromatic carbocycles. The van der Waals surface area contributed by atoms with Crippen LogP contribution in [0.15, 0.2) is 66.9 Å². The number of rotatable bonds is 5. The molecule has 0 saturated heterocycles. The van der Waals surface area contributed by atoms with Gasteiger partial charge in [-0.05, 0) is 42.5 Å². The second kappa shape index (κ2) is 7.52. The molecule has 4 rings (SSSR count). The second-order valence-electron chi connectivity index (χ2n) is 6.57. The molecule has 2 aromatic heterocycles. The minimum absolute atomic E-state index is 0.559. The van der Waals surface area contributed by atoms with Crippen LogP contribution >= 0.6 is 0 Å². The molecule has 0 amide bonds. The number of nitrogens with zero attached hydrogens (tertiary/aromatic N) is 4. The maximum atomic E-state index is 5.14. The Morgan fingerprint density at radius 2 is 1.68 bits per heavy atom. The molecule has 0 unspecified atom stereocenters. The highest BCUT2D eigenvalue weighted by Gasteiger charge is 2.10. The number of hydrogen-bond acceptors (Lipinski definition) is 6. The van der Waals surface area contributed by atoms with Crippen LogP contribution in [-0.2, 0) is 0 Å². The molecular formula is C22H21N5O. The zero-order valence-corrected chi connectivity index (χ0v) is 16.0. The fourth-order valence-electron chi connectivity index (χ4n) is 2.91. The summed E-state index contributed by atoms with van der Waals surface area (Å²) in [6.45, 7) is 0. The van der Waals surface area contributed by atoms with Gasteiger partial charge in [0.15, 0.2) is 5.82 Å². The Labute approximate surface area is 163 Å². The molecule has 28 heavy (non-hydrogen) atoms. The summed E-state index contributed by atoms with van der Waals surface area (Å²) >= 11 is 0. The summed E-state index contributed by atoms with van der Waals surface area (Å²) in [6.07, 6.45) is 1.72. The van der Waals surface area contributed by atoms with Gasteiger partial charge >= 0.3 is 0 Å². The molecule has 6 heteroatoms. The Balaban J connectivity index is 1.75. The van der Waals surface area contributed by atoms with E-state index in [1.807, 2.05) is 56.6 Å². The van der Waals surface area contributed by atoms with Crippen molar-refractivity contribution in [2.45, 2.75) is 0 Å². The van der Waals surface area contributed by atoms with E-state index < -0.39 is 0 Å². The number of benzene rings is 2. The third-order valence-electron chi connectivity index (χ3n) is 4.45. The average Bonchev–Trinajstić information content (AvgIpc) is 2.74. The van der Waals surface area contributed by atoms with Crippen LogP contribution in [0.3, 0.4) is 0 Å². The quantitative estimate of drug-likeness (QED) is 0.557. The molecule has 0 fully saturated rings. The molecule has 140 valence electrons. The van der Waals surface area contributed by atoms with E-state index >= 15 is 0 Å². The molecule has 0 saturated carbocycles. The Hall–Kier alpha value is -3.67. The van der Waals surface area contributed by atoms with Crippen molar-refractivity contribution >= 4 is 28.1 Å². The summed E-state index contributed by atoms with van der Waals surface area (Å²) < 4.78 is 5.14. The third kappa shape index (κ3) is 3.57.